The summed E-state index contributed by atoms with van der Waals surface area (Å²) in [7, 11) is 3.65. The molecule has 1 heterocycles. The summed E-state index contributed by atoms with van der Waals surface area (Å²) in [5, 5.41) is 0. The predicted octanol–water partition coefficient (Wildman–Crippen LogP) is 3.50. The average Bonchev–Trinajstić information content (AvgIpc) is 2.69. The van der Waals surface area contributed by atoms with Crippen LogP contribution in [0.3, 0.4) is 0 Å². The molecule has 4 nitrogen and oxygen atoms in total. The zero-order chi connectivity index (χ0) is 18.4. The number of carbonyl (C=O) groups is 1. The van der Waals surface area contributed by atoms with Gasteiger partial charge >= 0.3 is 0 Å². The molecule has 0 unspecified atom stereocenters. The largest absolute Gasteiger partial charge is 0.373 e. The summed E-state index contributed by atoms with van der Waals surface area (Å²) >= 11 is 0. The molecule has 0 bridgehead atoms. The first-order valence-corrected chi connectivity index (χ1v) is 9.31. The summed E-state index contributed by atoms with van der Waals surface area (Å²) in [4.78, 5) is 16.8. The fourth-order valence-corrected chi connectivity index (χ4v) is 3.48. The van der Waals surface area contributed by atoms with Gasteiger partial charge in [-0.1, -0.05) is 60.7 Å². The molecule has 0 spiro atoms. The Morgan fingerprint density at radius 3 is 2.19 bits per heavy atom. The number of ether oxygens (including phenoxy) is 1. The summed E-state index contributed by atoms with van der Waals surface area (Å²) < 4.78 is 6.09. The van der Waals surface area contributed by atoms with Crippen LogP contribution in [0.2, 0.25) is 0 Å². The predicted molar refractivity (Wildman–Crippen MR) is 104 cm³/mol. The van der Waals surface area contributed by atoms with Gasteiger partial charge in [-0.25, -0.2) is 0 Å². The number of carbonyl (C=O) groups excluding carboxylic acids is 1. The number of likely N-dealkylation sites (N-methyl/N-ethyl adjacent to an activating group) is 1. The number of rotatable bonds is 6. The number of hydrogen-bond acceptors (Lipinski definition) is 3. The molecule has 4 heteroatoms. The molecule has 138 valence electrons. The Kier molecular flexibility index (Phi) is 6.42. The van der Waals surface area contributed by atoms with Crippen molar-refractivity contribution < 1.29 is 9.53 Å². The normalized spacial score (nSPS) is 17.0. The van der Waals surface area contributed by atoms with E-state index in [0.29, 0.717) is 6.61 Å². The maximum absolute atomic E-state index is 12.8. The standard InChI is InChI=1S/C22H28N2O2/c1-23(2)22(25)21(19-11-7-4-8-12-19)24-15-13-20(14-16-24)26-17-18-9-5-3-6-10-18/h3-12,20-21H,13-17H2,1-2H3/t21-/m1/s1. The monoisotopic (exact) mass is 352 g/mol. The highest BCUT2D eigenvalue weighted by Crippen LogP contribution is 2.27. The smallest absolute Gasteiger partial charge is 0.244 e. The van der Waals surface area contributed by atoms with Crippen molar-refractivity contribution >= 4 is 5.91 Å². The van der Waals surface area contributed by atoms with E-state index in [1.807, 2.05) is 62.6 Å². The summed E-state index contributed by atoms with van der Waals surface area (Å²) in [6.45, 7) is 2.40. The minimum atomic E-state index is -0.207. The van der Waals surface area contributed by atoms with E-state index in [0.717, 1.165) is 31.5 Å². The molecule has 26 heavy (non-hydrogen) atoms. The highest BCUT2D eigenvalue weighted by Gasteiger charge is 2.32. The van der Waals surface area contributed by atoms with Crippen molar-refractivity contribution in [2.24, 2.45) is 0 Å². The molecule has 2 aromatic rings. The van der Waals surface area contributed by atoms with Crippen LogP contribution in [0.1, 0.15) is 30.0 Å². The van der Waals surface area contributed by atoms with Gasteiger partial charge < -0.3 is 9.64 Å². The van der Waals surface area contributed by atoms with E-state index in [-0.39, 0.29) is 18.1 Å². The molecular formula is C22H28N2O2. The van der Waals surface area contributed by atoms with Crippen molar-refractivity contribution in [3.05, 3.63) is 71.8 Å². The van der Waals surface area contributed by atoms with E-state index in [4.69, 9.17) is 4.74 Å². The Labute approximate surface area is 156 Å². The van der Waals surface area contributed by atoms with E-state index >= 15 is 0 Å². The summed E-state index contributed by atoms with van der Waals surface area (Å²) in [5.74, 6) is 0.139. The quantitative estimate of drug-likeness (QED) is 0.798. The summed E-state index contributed by atoms with van der Waals surface area (Å²) in [6, 6.07) is 20.2. The lowest BCUT2D eigenvalue weighted by Gasteiger charge is -2.37. The lowest BCUT2D eigenvalue weighted by atomic mass is 9.99. The van der Waals surface area contributed by atoms with Crippen LogP contribution >= 0.6 is 0 Å². The van der Waals surface area contributed by atoms with E-state index in [9.17, 15) is 4.79 Å². The van der Waals surface area contributed by atoms with Crippen LogP contribution < -0.4 is 0 Å². The Morgan fingerprint density at radius 1 is 1.04 bits per heavy atom. The third kappa shape index (κ3) is 4.71. The second kappa shape index (κ2) is 8.97. The van der Waals surface area contributed by atoms with E-state index in [1.54, 1.807) is 4.90 Å². The number of hydrogen-bond donors (Lipinski definition) is 0. The van der Waals surface area contributed by atoms with Gasteiger partial charge in [0.15, 0.2) is 0 Å². The Hall–Kier alpha value is -2.17. The van der Waals surface area contributed by atoms with Gasteiger partial charge in [0.1, 0.15) is 6.04 Å². The number of likely N-dealkylation sites (tertiary alicyclic amines) is 1. The van der Waals surface area contributed by atoms with Gasteiger partial charge in [0, 0.05) is 27.2 Å². The Bertz CT molecular complexity index is 680. The van der Waals surface area contributed by atoms with Gasteiger partial charge in [0.25, 0.3) is 0 Å². The van der Waals surface area contributed by atoms with Crippen LogP contribution in [0.15, 0.2) is 60.7 Å². The van der Waals surface area contributed by atoms with Crippen molar-refractivity contribution in [1.82, 2.24) is 9.80 Å². The van der Waals surface area contributed by atoms with Crippen molar-refractivity contribution in [3.63, 3.8) is 0 Å². The topological polar surface area (TPSA) is 32.8 Å². The Balaban J connectivity index is 1.60. The van der Waals surface area contributed by atoms with Crippen LogP contribution in [0, 0.1) is 0 Å². The number of amides is 1. The molecule has 1 saturated heterocycles. The van der Waals surface area contributed by atoms with Crippen LogP contribution in [0.25, 0.3) is 0 Å². The third-order valence-electron chi connectivity index (χ3n) is 4.96. The first-order valence-electron chi connectivity index (χ1n) is 9.31. The van der Waals surface area contributed by atoms with E-state index < -0.39 is 0 Å². The highest BCUT2D eigenvalue weighted by molar-refractivity contribution is 5.82. The molecule has 0 aliphatic carbocycles. The average molecular weight is 352 g/mol. The van der Waals surface area contributed by atoms with Crippen LogP contribution in [0.4, 0.5) is 0 Å². The second-order valence-electron chi connectivity index (χ2n) is 7.08. The number of nitrogens with zero attached hydrogens (tertiary/aromatic N) is 2. The number of benzene rings is 2. The van der Waals surface area contributed by atoms with E-state index in [1.165, 1.54) is 5.56 Å². The zero-order valence-electron chi connectivity index (χ0n) is 15.7. The van der Waals surface area contributed by atoms with E-state index in [2.05, 4.69) is 17.0 Å². The minimum Gasteiger partial charge on any atom is -0.373 e. The van der Waals surface area contributed by atoms with Crippen molar-refractivity contribution in [1.29, 1.82) is 0 Å². The third-order valence-corrected chi connectivity index (χ3v) is 4.96. The van der Waals surface area contributed by atoms with Crippen molar-refractivity contribution in [2.75, 3.05) is 27.2 Å². The van der Waals surface area contributed by atoms with Gasteiger partial charge in [-0.3, -0.25) is 9.69 Å². The molecule has 1 aliphatic heterocycles. The Morgan fingerprint density at radius 2 is 1.62 bits per heavy atom. The molecule has 0 N–H and O–H groups in total. The van der Waals surface area contributed by atoms with Gasteiger partial charge in [-0.2, -0.15) is 0 Å². The lowest BCUT2D eigenvalue weighted by Crippen LogP contribution is -2.45. The maximum atomic E-state index is 12.8. The summed E-state index contributed by atoms with van der Waals surface area (Å²) in [5.41, 5.74) is 2.27. The molecule has 0 radical (unpaired) electrons. The minimum absolute atomic E-state index is 0.139. The highest BCUT2D eigenvalue weighted by atomic mass is 16.5. The lowest BCUT2D eigenvalue weighted by molar-refractivity contribution is -0.136. The molecule has 1 atom stereocenters. The molecule has 1 fully saturated rings. The van der Waals surface area contributed by atoms with Gasteiger partial charge in [0.05, 0.1) is 12.7 Å². The summed E-state index contributed by atoms with van der Waals surface area (Å²) in [6.07, 6.45) is 2.17. The molecular weight excluding hydrogens is 324 g/mol. The molecule has 0 aromatic heterocycles. The van der Waals surface area contributed by atoms with Crippen LogP contribution in [-0.2, 0) is 16.1 Å². The van der Waals surface area contributed by atoms with Gasteiger partial charge in [-0.05, 0) is 24.0 Å². The van der Waals surface area contributed by atoms with Crippen molar-refractivity contribution in [2.45, 2.75) is 31.6 Å². The number of piperidine rings is 1. The van der Waals surface area contributed by atoms with Crippen molar-refractivity contribution in [3.8, 4) is 0 Å². The molecule has 1 aliphatic rings. The molecule has 0 saturated carbocycles. The first kappa shape index (κ1) is 18.6. The van der Waals surface area contributed by atoms with Crippen LogP contribution in [0.5, 0.6) is 0 Å². The van der Waals surface area contributed by atoms with Crippen LogP contribution in [-0.4, -0.2) is 49.0 Å². The zero-order valence-corrected chi connectivity index (χ0v) is 15.7. The fourth-order valence-electron chi connectivity index (χ4n) is 3.48. The molecule has 3 rings (SSSR count). The van der Waals surface area contributed by atoms with Gasteiger partial charge in [0.2, 0.25) is 5.91 Å². The molecule has 1 amide bonds. The molecule has 2 aromatic carbocycles. The maximum Gasteiger partial charge on any atom is 0.244 e. The SMILES string of the molecule is CN(C)C(=O)[C@@H](c1ccccc1)N1CCC(OCc2ccccc2)CC1. The second-order valence-corrected chi connectivity index (χ2v) is 7.08. The van der Waals surface area contributed by atoms with Gasteiger partial charge in [-0.15, -0.1) is 0 Å². The fraction of sp³-hybridized carbons (Fsp3) is 0.409. The first-order chi connectivity index (χ1) is 12.6.